The molecule has 6 nitrogen and oxygen atoms in total. The van der Waals surface area contributed by atoms with Crippen LogP contribution in [0.15, 0.2) is 16.5 Å². The second-order valence-corrected chi connectivity index (χ2v) is 7.07. The van der Waals surface area contributed by atoms with Gasteiger partial charge in [-0.25, -0.2) is 13.1 Å². The molecule has 0 aliphatic carbocycles. The van der Waals surface area contributed by atoms with Gasteiger partial charge in [-0.2, -0.15) is 5.10 Å². The van der Waals surface area contributed by atoms with Crippen molar-refractivity contribution in [3.63, 3.8) is 0 Å². The highest BCUT2D eigenvalue weighted by Gasteiger charge is 2.23. The lowest BCUT2D eigenvalue weighted by Gasteiger charge is -2.06. The lowest BCUT2D eigenvalue weighted by molar-refractivity contribution is 0.576. The fraction of sp³-hybridized carbons (Fsp3) is 0.417. The molecular formula is C12H18N4O2S2. The molecule has 20 heavy (non-hydrogen) atoms. The third kappa shape index (κ3) is 2.93. The summed E-state index contributed by atoms with van der Waals surface area (Å²) in [5.74, 6) is 0. The molecular weight excluding hydrogens is 296 g/mol. The maximum atomic E-state index is 12.3. The van der Waals surface area contributed by atoms with Crippen LogP contribution in [0.3, 0.4) is 0 Å². The van der Waals surface area contributed by atoms with Crippen molar-refractivity contribution < 1.29 is 8.42 Å². The Morgan fingerprint density at radius 1 is 1.50 bits per heavy atom. The summed E-state index contributed by atoms with van der Waals surface area (Å²) in [4.78, 5) is 1.03. The zero-order chi connectivity index (χ0) is 14.8. The van der Waals surface area contributed by atoms with Gasteiger partial charge < -0.3 is 5.73 Å². The second kappa shape index (κ2) is 6.04. The summed E-state index contributed by atoms with van der Waals surface area (Å²) in [6.07, 6.45) is 0.885. The average molecular weight is 314 g/mol. The Morgan fingerprint density at radius 2 is 2.25 bits per heavy atom. The van der Waals surface area contributed by atoms with Gasteiger partial charge in [-0.1, -0.05) is 6.92 Å². The standard InChI is InChI=1S/C12H18N4O2S2/c1-3-9-4-5-19-11(9)7-14-20(17,18)12-10(6-13)8(2)15-16-12/h4-5,14H,3,6-7,13H2,1-2H3,(H,15,16). The molecule has 0 unspecified atom stereocenters. The van der Waals surface area contributed by atoms with Gasteiger partial charge in [0.1, 0.15) is 0 Å². The molecule has 110 valence electrons. The van der Waals surface area contributed by atoms with Crippen LogP contribution >= 0.6 is 11.3 Å². The zero-order valence-corrected chi connectivity index (χ0v) is 13.1. The van der Waals surface area contributed by atoms with Crippen LogP contribution in [0.25, 0.3) is 0 Å². The van der Waals surface area contributed by atoms with E-state index in [1.807, 2.05) is 18.4 Å². The largest absolute Gasteiger partial charge is 0.326 e. The summed E-state index contributed by atoms with van der Waals surface area (Å²) < 4.78 is 27.1. The summed E-state index contributed by atoms with van der Waals surface area (Å²) in [5.41, 5.74) is 7.95. The quantitative estimate of drug-likeness (QED) is 0.747. The van der Waals surface area contributed by atoms with Gasteiger partial charge in [-0.3, -0.25) is 5.10 Å². The van der Waals surface area contributed by atoms with Gasteiger partial charge >= 0.3 is 0 Å². The van der Waals surface area contributed by atoms with E-state index in [-0.39, 0.29) is 18.1 Å². The maximum absolute atomic E-state index is 12.3. The summed E-state index contributed by atoms with van der Waals surface area (Å²) in [7, 11) is -3.65. The number of aryl methyl sites for hydroxylation is 2. The predicted octanol–water partition coefficient (Wildman–Crippen LogP) is 1.28. The molecule has 2 aromatic rings. The van der Waals surface area contributed by atoms with Crippen molar-refractivity contribution in [3.05, 3.63) is 33.1 Å². The molecule has 0 amide bonds. The van der Waals surface area contributed by atoms with Crippen molar-refractivity contribution in [1.29, 1.82) is 0 Å². The summed E-state index contributed by atoms with van der Waals surface area (Å²) in [6, 6.07) is 2.01. The molecule has 4 N–H and O–H groups in total. The van der Waals surface area contributed by atoms with Crippen molar-refractivity contribution in [2.75, 3.05) is 0 Å². The molecule has 0 saturated carbocycles. The molecule has 2 aromatic heterocycles. The number of thiophene rings is 1. The predicted molar refractivity (Wildman–Crippen MR) is 78.9 cm³/mol. The minimum absolute atomic E-state index is 0.00731. The Bertz CT molecular complexity index is 688. The molecule has 0 aliphatic rings. The molecule has 2 heterocycles. The van der Waals surface area contributed by atoms with Crippen molar-refractivity contribution in [1.82, 2.24) is 14.9 Å². The van der Waals surface area contributed by atoms with Gasteiger partial charge in [-0.15, -0.1) is 11.3 Å². The van der Waals surface area contributed by atoms with Crippen LogP contribution < -0.4 is 10.5 Å². The Balaban J connectivity index is 2.19. The van der Waals surface area contributed by atoms with E-state index in [2.05, 4.69) is 14.9 Å². The van der Waals surface area contributed by atoms with Gasteiger partial charge in [0, 0.05) is 29.2 Å². The number of hydrogen-bond acceptors (Lipinski definition) is 5. The number of hydrogen-bond donors (Lipinski definition) is 3. The lowest BCUT2D eigenvalue weighted by atomic mass is 10.2. The number of H-pyrrole nitrogens is 1. The van der Waals surface area contributed by atoms with Crippen LogP contribution in [0.5, 0.6) is 0 Å². The second-order valence-electron chi connectivity index (χ2n) is 4.38. The van der Waals surface area contributed by atoms with Gasteiger partial charge in [0.25, 0.3) is 10.0 Å². The first-order chi connectivity index (χ1) is 9.49. The molecule has 0 aliphatic heterocycles. The van der Waals surface area contributed by atoms with E-state index in [1.165, 1.54) is 0 Å². The number of rotatable bonds is 6. The summed E-state index contributed by atoms with van der Waals surface area (Å²) >= 11 is 1.55. The first kappa shape index (κ1) is 15.2. The first-order valence-corrected chi connectivity index (χ1v) is 8.64. The number of nitrogens with two attached hydrogens (primary N) is 1. The molecule has 0 atom stereocenters. The van der Waals surface area contributed by atoms with E-state index >= 15 is 0 Å². The van der Waals surface area contributed by atoms with Crippen LogP contribution in [-0.2, 0) is 29.5 Å². The van der Waals surface area contributed by atoms with Crippen molar-refractivity contribution in [3.8, 4) is 0 Å². The lowest BCUT2D eigenvalue weighted by Crippen LogP contribution is -2.25. The summed E-state index contributed by atoms with van der Waals surface area (Å²) in [5, 5.41) is 8.47. The topological polar surface area (TPSA) is 101 Å². The van der Waals surface area contributed by atoms with Gasteiger partial charge in [0.2, 0.25) is 0 Å². The van der Waals surface area contributed by atoms with E-state index < -0.39 is 10.0 Å². The van der Waals surface area contributed by atoms with E-state index in [0.717, 1.165) is 16.9 Å². The summed E-state index contributed by atoms with van der Waals surface area (Å²) in [6.45, 7) is 4.21. The number of nitrogens with zero attached hydrogens (tertiary/aromatic N) is 1. The van der Waals surface area contributed by atoms with Crippen molar-refractivity contribution in [2.24, 2.45) is 5.73 Å². The molecule has 0 saturated heterocycles. The van der Waals surface area contributed by atoms with Crippen LogP contribution in [-0.4, -0.2) is 18.6 Å². The normalized spacial score (nSPS) is 11.9. The Morgan fingerprint density at radius 3 is 2.90 bits per heavy atom. The van der Waals surface area contributed by atoms with Crippen molar-refractivity contribution in [2.45, 2.75) is 38.4 Å². The minimum atomic E-state index is -3.65. The van der Waals surface area contributed by atoms with E-state index in [9.17, 15) is 8.42 Å². The number of aromatic nitrogens is 2. The smallest absolute Gasteiger partial charge is 0.260 e. The highest BCUT2D eigenvalue weighted by Crippen LogP contribution is 2.19. The first-order valence-electron chi connectivity index (χ1n) is 6.28. The van der Waals surface area contributed by atoms with E-state index in [0.29, 0.717) is 11.3 Å². The SMILES string of the molecule is CCc1ccsc1CNS(=O)(=O)c1n[nH]c(C)c1CN. The van der Waals surface area contributed by atoms with E-state index in [4.69, 9.17) is 5.73 Å². The zero-order valence-electron chi connectivity index (χ0n) is 11.4. The highest BCUT2D eigenvalue weighted by molar-refractivity contribution is 7.89. The maximum Gasteiger partial charge on any atom is 0.260 e. The highest BCUT2D eigenvalue weighted by atomic mass is 32.2. The van der Waals surface area contributed by atoms with E-state index in [1.54, 1.807) is 18.3 Å². The number of nitrogens with one attached hydrogen (secondary N) is 2. The molecule has 0 bridgehead atoms. The van der Waals surface area contributed by atoms with Crippen LogP contribution in [0.1, 0.15) is 28.6 Å². The Hall–Kier alpha value is -1.22. The Kier molecular flexibility index (Phi) is 4.59. The Labute approximate surface area is 122 Å². The van der Waals surface area contributed by atoms with Crippen molar-refractivity contribution >= 4 is 21.4 Å². The fourth-order valence-electron chi connectivity index (χ4n) is 1.96. The average Bonchev–Trinajstić information content (AvgIpc) is 3.02. The van der Waals surface area contributed by atoms with Gasteiger partial charge in [0.15, 0.2) is 5.03 Å². The molecule has 0 spiro atoms. The molecule has 2 rings (SSSR count). The monoisotopic (exact) mass is 314 g/mol. The molecule has 8 heteroatoms. The van der Waals surface area contributed by atoms with Gasteiger partial charge in [-0.05, 0) is 30.4 Å². The third-order valence-corrected chi connectivity index (χ3v) is 5.47. The third-order valence-electron chi connectivity index (χ3n) is 3.14. The van der Waals surface area contributed by atoms with Gasteiger partial charge in [0.05, 0.1) is 0 Å². The molecule has 0 aromatic carbocycles. The minimum Gasteiger partial charge on any atom is -0.326 e. The number of sulfonamides is 1. The van der Waals surface area contributed by atoms with Crippen LogP contribution in [0, 0.1) is 6.92 Å². The number of aromatic amines is 1. The fourth-order valence-corrected chi connectivity index (χ4v) is 4.16. The molecule has 0 radical (unpaired) electrons. The van der Waals surface area contributed by atoms with Crippen LogP contribution in [0.2, 0.25) is 0 Å². The molecule has 0 fully saturated rings. The van der Waals surface area contributed by atoms with Crippen LogP contribution in [0.4, 0.5) is 0 Å².